The summed E-state index contributed by atoms with van der Waals surface area (Å²) in [5, 5.41) is 17.6. The van der Waals surface area contributed by atoms with E-state index >= 15 is 0 Å². The van der Waals surface area contributed by atoms with Gasteiger partial charge >= 0.3 is 5.97 Å². The lowest BCUT2D eigenvalue weighted by molar-refractivity contribution is -0.342. The summed E-state index contributed by atoms with van der Waals surface area (Å²) in [7, 11) is -6.52. The van der Waals surface area contributed by atoms with E-state index in [1.54, 1.807) is 42.5 Å². The number of allylic oxidation sites excluding steroid dienone is 2. The summed E-state index contributed by atoms with van der Waals surface area (Å²) >= 11 is 0. The Balaban J connectivity index is 1.29. The summed E-state index contributed by atoms with van der Waals surface area (Å²) in [5.41, 5.74) is 1.42. The first kappa shape index (κ1) is 47.1. The first-order chi connectivity index (χ1) is 29.1. The van der Waals surface area contributed by atoms with Crippen molar-refractivity contribution in [2.75, 3.05) is 6.61 Å². The van der Waals surface area contributed by atoms with Crippen molar-refractivity contribution in [3.05, 3.63) is 76.9 Å². The maximum Gasteiger partial charge on any atom is 0.316 e. The SMILES string of the molecule is CC1=C[C@H]2C(=O)O[C@H]3C[C@@H](C/C=C(\C)[C@@H](OS(=O)(=O)c4ccc(C)cc4)[C@@H](C)/C=C/C=C4\CO[C@H](/C1=N\O[Si](C)(C)C(C)(C)C)[C@@]42O)O[C@@]1(CC[C@H](C)[C@@H](C2CCCCC2)O1)C3. The lowest BCUT2D eigenvalue weighted by atomic mass is 9.71. The van der Waals surface area contributed by atoms with Crippen LogP contribution in [0.25, 0.3) is 0 Å². The monoisotopic (exact) mass is 893 g/mol. The Hall–Kier alpha value is -2.91. The number of rotatable bonds is 6. The van der Waals surface area contributed by atoms with E-state index in [0.29, 0.717) is 54.4 Å². The topological polar surface area (TPSA) is 139 Å². The number of nitrogens with zero attached hydrogens (tertiary/aromatic N) is 1. The van der Waals surface area contributed by atoms with Gasteiger partial charge < -0.3 is 28.6 Å². The van der Waals surface area contributed by atoms with Crippen molar-refractivity contribution in [3.8, 4) is 0 Å². The van der Waals surface area contributed by atoms with Gasteiger partial charge in [-0.1, -0.05) is 102 Å². The molecule has 0 amide bonds. The summed E-state index contributed by atoms with van der Waals surface area (Å²) in [5.74, 6) is -2.23. The molecule has 6 aliphatic rings. The van der Waals surface area contributed by atoms with Gasteiger partial charge in [-0.3, -0.25) is 8.98 Å². The molecule has 4 fully saturated rings. The van der Waals surface area contributed by atoms with Gasteiger partial charge in [-0.15, -0.1) is 5.16 Å². The Bertz CT molecular complexity index is 2080. The van der Waals surface area contributed by atoms with Gasteiger partial charge in [0.15, 0.2) is 5.79 Å². The molecule has 13 heteroatoms. The lowest BCUT2D eigenvalue weighted by Gasteiger charge is -2.51. The Labute approximate surface area is 371 Å². The van der Waals surface area contributed by atoms with Crippen LogP contribution < -0.4 is 0 Å². The molecule has 0 unspecified atom stereocenters. The highest BCUT2D eigenvalue weighted by Crippen LogP contribution is 2.49. The second-order valence-corrected chi connectivity index (χ2v) is 27.0. The number of hydrogen-bond donors (Lipinski definition) is 1. The average molecular weight is 894 g/mol. The van der Waals surface area contributed by atoms with Crippen LogP contribution in [0.15, 0.2) is 81.4 Å². The summed E-state index contributed by atoms with van der Waals surface area (Å²) in [6, 6.07) is 6.64. The Morgan fingerprint density at radius 1 is 0.968 bits per heavy atom. The third kappa shape index (κ3) is 9.70. The third-order valence-corrected chi connectivity index (χ3v) is 20.4. The minimum atomic E-state index is -4.16. The maximum absolute atomic E-state index is 14.8. The normalized spacial score (nSPS) is 38.3. The predicted molar refractivity (Wildman–Crippen MR) is 242 cm³/mol. The fourth-order valence-corrected chi connectivity index (χ4v) is 11.8. The quantitative estimate of drug-likeness (QED) is 0.0966. The molecule has 3 saturated heterocycles. The third-order valence-electron chi connectivity index (χ3n) is 14.9. The molecular formula is C49H71NO10SSi. The molecule has 1 spiro atoms. The summed E-state index contributed by atoms with van der Waals surface area (Å²) in [6.07, 6.45) is 15.1. The van der Waals surface area contributed by atoms with Crippen LogP contribution in [0.1, 0.15) is 118 Å². The number of ether oxygens (including phenoxy) is 4. The second-order valence-electron chi connectivity index (χ2n) is 20.7. The van der Waals surface area contributed by atoms with E-state index in [2.05, 4.69) is 40.8 Å². The van der Waals surface area contributed by atoms with Gasteiger partial charge in [0.2, 0.25) is 0 Å². The molecule has 2 bridgehead atoms. The van der Waals surface area contributed by atoms with E-state index in [1.165, 1.54) is 19.3 Å². The van der Waals surface area contributed by atoms with Crippen molar-refractivity contribution < 1.29 is 46.0 Å². The number of hydrogen-bond acceptors (Lipinski definition) is 11. The number of carbonyl (C=O) groups is 1. The largest absolute Gasteiger partial charge is 0.462 e. The van der Waals surface area contributed by atoms with Gasteiger partial charge in [0.05, 0.1) is 23.7 Å². The number of benzene rings is 1. The van der Waals surface area contributed by atoms with Crippen molar-refractivity contribution in [2.24, 2.45) is 28.8 Å². The molecule has 1 aromatic carbocycles. The van der Waals surface area contributed by atoms with Gasteiger partial charge in [-0.25, -0.2) is 0 Å². The van der Waals surface area contributed by atoms with E-state index in [-0.39, 0.29) is 22.6 Å². The molecule has 62 heavy (non-hydrogen) atoms. The van der Waals surface area contributed by atoms with Crippen molar-refractivity contribution in [1.29, 1.82) is 0 Å². The minimum Gasteiger partial charge on any atom is -0.462 e. The highest BCUT2D eigenvalue weighted by Gasteiger charge is 2.60. The summed E-state index contributed by atoms with van der Waals surface area (Å²) in [4.78, 5) is 14.8. The molecule has 1 N–H and O–H groups in total. The fourth-order valence-electron chi connectivity index (χ4n) is 10.00. The van der Waals surface area contributed by atoms with Crippen LogP contribution >= 0.6 is 0 Å². The number of fused-ring (bicyclic) bond motifs is 2. The van der Waals surface area contributed by atoms with Gasteiger partial charge in [-0.05, 0) is 105 Å². The van der Waals surface area contributed by atoms with E-state index in [4.69, 9.17) is 32.8 Å². The van der Waals surface area contributed by atoms with E-state index in [0.717, 1.165) is 30.4 Å². The zero-order chi connectivity index (χ0) is 44.8. The molecule has 7 rings (SSSR count). The number of aryl methyl sites for hydroxylation is 1. The number of aliphatic hydroxyl groups is 1. The minimum absolute atomic E-state index is 0.0294. The first-order valence-electron chi connectivity index (χ1n) is 23.0. The zero-order valence-corrected chi connectivity index (χ0v) is 40.5. The molecule has 11 nitrogen and oxygen atoms in total. The molecule has 4 aliphatic heterocycles. The summed E-state index contributed by atoms with van der Waals surface area (Å²) < 4.78 is 67.2. The molecule has 4 heterocycles. The second kappa shape index (κ2) is 18.2. The number of esters is 1. The van der Waals surface area contributed by atoms with Crippen LogP contribution in [0.2, 0.25) is 18.1 Å². The standard InChI is InChI=1S/C49H71NO10SSi/c1-31-19-23-40(24-20-31)61(53,54)59-43-32(2)15-14-18-37-30-55-45-42(50-60-62(9,10)47(6,7)8)35(5)27-41(49(37,45)52)46(51)56-39-28-38(22-21-33(43)3)57-48(29-39)26-25-34(4)44(58-48)36-16-12-11-13-17-36/h14-15,18-21,23-24,27,32,34,36,38-39,41,43-45,52H,11-13,16-17,22,25-26,28-30H2,1-10H3/b15-14+,33-21+,37-18+,50-42-/t32-,34-,38+,39-,41-,43-,44-,45+,48+,49+/m0/s1. The van der Waals surface area contributed by atoms with E-state index < -0.39 is 72.0 Å². The zero-order valence-electron chi connectivity index (χ0n) is 38.6. The summed E-state index contributed by atoms with van der Waals surface area (Å²) in [6.45, 7) is 20.5. The highest BCUT2D eigenvalue weighted by molar-refractivity contribution is 7.86. The van der Waals surface area contributed by atoms with Gasteiger partial charge in [0.1, 0.15) is 35.5 Å². The van der Waals surface area contributed by atoms with Gasteiger partial charge in [0, 0.05) is 25.2 Å². The van der Waals surface area contributed by atoms with Crippen LogP contribution in [0.4, 0.5) is 0 Å². The molecule has 1 aromatic rings. The van der Waals surface area contributed by atoms with Crippen molar-refractivity contribution in [3.63, 3.8) is 0 Å². The van der Waals surface area contributed by atoms with Crippen LogP contribution in [0.3, 0.4) is 0 Å². The van der Waals surface area contributed by atoms with Crippen LogP contribution in [-0.2, 0) is 42.6 Å². The molecule has 0 aromatic heterocycles. The van der Waals surface area contributed by atoms with E-state index in [9.17, 15) is 18.3 Å². The average Bonchev–Trinajstić information content (AvgIpc) is 3.55. The van der Waals surface area contributed by atoms with Gasteiger partial charge in [-0.2, -0.15) is 8.42 Å². The maximum atomic E-state index is 14.8. The molecular weight excluding hydrogens is 823 g/mol. The van der Waals surface area contributed by atoms with Crippen molar-refractivity contribution in [1.82, 2.24) is 0 Å². The van der Waals surface area contributed by atoms with Gasteiger partial charge in [0.25, 0.3) is 18.4 Å². The Kier molecular flexibility index (Phi) is 13.8. The van der Waals surface area contributed by atoms with E-state index in [1.807, 2.05) is 39.8 Å². The fraction of sp³-hybridized carbons (Fsp3) is 0.673. The van der Waals surface area contributed by atoms with Crippen LogP contribution in [0.5, 0.6) is 0 Å². The predicted octanol–water partition coefficient (Wildman–Crippen LogP) is 9.80. The molecule has 0 radical (unpaired) electrons. The van der Waals surface area contributed by atoms with Crippen molar-refractivity contribution in [2.45, 2.75) is 185 Å². The smallest absolute Gasteiger partial charge is 0.316 e. The first-order valence-corrected chi connectivity index (χ1v) is 27.3. The highest BCUT2D eigenvalue weighted by atomic mass is 32.2. The lowest BCUT2D eigenvalue weighted by Crippen LogP contribution is -2.58. The van der Waals surface area contributed by atoms with Crippen molar-refractivity contribution >= 4 is 30.1 Å². The molecule has 10 atom stereocenters. The Morgan fingerprint density at radius 2 is 1.68 bits per heavy atom. The molecule has 2 aliphatic carbocycles. The van der Waals surface area contributed by atoms with Crippen LogP contribution in [0, 0.1) is 30.6 Å². The number of oxime groups is 1. The Morgan fingerprint density at radius 3 is 2.37 bits per heavy atom. The molecule has 1 saturated carbocycles. The van der Waals surface area contributed by atoms with Crippen LogP contribution in [-0.4, -0.2) is 82.0 Å². The number of carbonyl (C=O) groups excluding carboxylic acids is 1. The molecule has 342 valence electrons.